The van der Waals surface area contributed by atoms with Gasteiger partial charge in [0.05, 0.1) is 15.9 Å². The largest absolute Gasteiger partial charge is 0.331 e. The Morgan fingerprint density at radius 2 is 2.04 bits per heavy atom. The molecule has 0 radical (unpaired) electrons. The molecule has 0 amide bonds. The predicted molar refractivity (Wildman–Crippen MR) is 94.6 cm³/mol. The van der Waals surface area contributed by atoms with Crippen LogP contribution in [0.2, 0.25) is 0 Å². The Morgan fingerprint density at radius 3 is 2.64 bits per heavy atom. The highest BCUT2D eigenvalue weighted by Gasteiger charge is 2.41. The molecule has 1 saturated carbocycles. The third-order valence-corrected chi connectivity index (χ3v) is 7.07. The van der Waals surface area contributed by atoms with Crippen molar-refractivity contribution >= 4 is 32.8 Å². The topological polar surface area (TPSA) is 124 Å². The van der Waals surface area contributed by atoms with Crippen LogP contribution in [0.1, 0.15) is 25.3 Å². The van der Waals surface area contributed by atoms with Gasteiger partial charge in [-0.25, -0.2) is 17.9 Å². The zero-order chi connectivity index (χ0) is 18.0. The number of fused-ring (bicyclic) bond motifs is 1. The summed E-state index contributed by atoms with van der Waals surface area (Å²) in [6.45, 7) is 1.87. The molecule has 2 aliphatic rings. The molecule has 2 heterocycles. The molecular weight excluding hydrogens is 364 g/mol. The summed E-state index contributed by atoms with van der Waals surface area (Å²) in [5, 5.41) is 7.87. The third kappa shape index (κ3) is 2.80. The SMILES string of the molecule is Cn1c(=O)n(C2N=NC(N)S2)c2cc(S(=O)(=O)NC3(C)CC3)ccc21. The van der Waals surface area contributed by atoms with Crippen LogP contribution in [0.25, 0.3) is 11.0 Å². The number of sulfonamides is 1. The highest BCUT2D eigenvalue weighted by atomic mass is 32.2. The van der Waals surface area contributed by atoms with E-state index in [2.05, 4.69) is 15.0 Å². The molecule has 2 atom stereocenters. The zero-order valence-electron chi connectivity index (χ0n) is 13.7. The molecule has 4 rings (SSSR count). The van der Waals surface area contributed by atoms with Crippen LogP contribution in [0.15, 0.2) is 38.1 Å². The van der Waals surface area contributed by atoms with E-state index in [-0.39, 0.29) is 16.1 Å². The number of nitrogens with two attached hydrogens (primary N) is 1. The number of hydrogen-bond acceptors (Lipinski definition) is 7. The maximum absolute atomic E-state index is 12.6. The number of rotatable bonds is 4. The van der Waals surface area contributed by atoms with Gasteiger partial charge >= 0.3 is 5.69 Å². The minimum atomic E-state index is -3.66. The summed E-state index contributed by atoms with van der Waals surface area (Å²) in [6, 6.07) is 4.65. The Morgan fingerprint density at radius 1 is 1.32 bits per heavy atom. The van der Waals surface area contributed by atoms with Crippen molar-refractivity contribution in [2.24, 2.45) is 23.0 Å². The summed E-state index contributed by atoms with van der Waals surface area (Å²) in [4.78, 5) is 12.7. The summed E-state index contributed by atoms with van der Waals surface area (Å²) >= 11 is 1.22. The fourth-order valence-electron chi connectivity index (χ4n) is 2.82. The van der Waals surface area contributed by atoms with Gasteiger partial charge in [-0.2, -0.15) is 10.2 Å². The molecule has 0 bridgehead atoms. The zero-order valence-corrected chi connectivity index (χ0v) is 15.3. The van der Waals surface area contributed by atoms with Gasteiger partial charge in [0.2, 0.25) is 15.5 Å². The lowest BCUT2D eigenvalue weighted by Crippen LogP contribution is -2.34. The maximum Gasteiger partial charge on any atom is 0.331 e. The summed E-state index contributed by atoms with van der Waals surface area (Å²) < 4.78 is 30.9. The van der Waals surface area contributed by atoms with Crippen molar-refractivity contribution in [3.63, 3.8) is 0 Å². The molecule has 2 unspecified atom stereocenters. The average Bonchev–Trinajstić information content (AvgIpc) is 3.00. The van der Waals surface area contributed by atoms with E-state index < -0.39 is 21.0 Å². The number of hydrogen-bond donors (Lipinski definition) is 2. The van der Waals surface area contributed by atoms with Gasteiger partial charge in [-0.3, -0.25) is 14.9 Å². The van der Waals surface area contributed by atoms with Crippen molar-refractivity contribution in [1.82, 2.24) is 13.9 Å². The van der Waals surface area contributed by atoms with Crippen LogP contribution in [-0.4, -0.2) is 28.6 Å². The lowest BCUT2D eigenvalue weighted by Gasteiger charge is -2.13. The monoisotopic (exact) mass is 382 g/mol. The second-order valence-corrected chi connectivity index (χ2v) is 9.47. The lowest BCUT2D eigenvalue weighted by molar-refractivity contribution is 0.558. The van der Waals surface area contributed by atoms with E-state index in [9.17, 15) is 13.2 Å². The Bertz CT molecular complexity index is 1050. The van der Waals surface area contributed by atoms with Crippen LogP contribution in [0.4, 0.5) is 0 Å². The number of aryl methyl sites for hydroxylation is 1. The van der Waals surface area contributed by atoms with E-state index in [1.807, 2.05) is 6.92 Å². The Hall–Kier alpha value is -1.69. The van der Waals surface area contributed by atoms with Crippen molar-refractivity contribution in [2.75, 3.05) is 0 Å². The van der Waals surface area contributed by atoms with Crippen molar-refractivity contribution in [3.8, 4) is 0 Å². The second-order valence-electron chi connectivity index (χ2n) is 6.61. The van der Waals surface area contributed by atoms with Crippen LogP contribution in [-0.2, 0) is 17.1 Å². The Kier molecular flexibility index (Phi) is 3.62. The minimum absolute atomic E-state index is 0.122. The molecule has 25 heavy (non-hydrogen) atoms. The molecule has 134 valence electrons. The van der Waals surface area contributed by atoms with Crippen LogP contribution in [0, 0.1) is 0 Å². The molecular formula is C14H18N6O3S2. The molecule has 1 aromatic carbocycles. The lowest BCUT2D eigenvalue weighted by atomic mass is 10.3. The smallest absolute Gasteiger partial charge is 0.299 e. The number of azo groups is 1. The third-order valence-electron chi connectivity index (χ3n) is 4.51. The highest BCUT2D eigenvalue weighted by molar-refractivity contribution is 8.00. The van der Waals surface area contributed by atoms with Gasteiger partial charge in [0.1, 0.15) is 0 Å². The fourth-order valence-corrected chi connectivity index (χ4v) is 5.09. The summed E-state index contributed by atoms with van der Waals surface area (Å²) in [5.74, 6) is 0. The van der Waals surface area contributed by atoms with Gasteiger partial charge < -0.3 is 0 Å². The number of nitrogens with zero attached hydrogens (tertiary/aromatic N) is 4. The fraction of sp³-hybridized carbons (Fsp3) is 0.500. The van der Waals surface area contributed by atoms with E-state index in [4.69, 9.17) is 5.73 Å². The molecule has 11 heteroatoms. The van der Waals surface area contributed by atoms with E-state index in [1.165, 1.54) is 33.0 Å². The van der Waals surface area contributed by atoms with Crippen molar-refractivity contribution in [2.45, 2.75) is 41.2 Å². The average molecular weight is 382 g/mol. The predicted octanol–water partition coefficient (Wildman–Crippen LogP) is 1.07. The molecule has 1 aliphatic carbocycles. The summed E-state index contributed by atoms with van der Waals surface area (Å²) in [5.41, 5.74) is 5.03. The minimum Gasteiger partial charge on any atom is -0.299 e. The van der Waals surface area contributed by atoms with Gasteiger partial charge in [-0.15, -0.1) is 0 Å². The summed E-state index contributed by atoms with van der Waals surface area (Å²) in [7, 11) is -2.03. The molecule has 9 nitrogen and oxygen atoms in total. The normalized spacial score (nSPS) is 24.9. The Labute approximate surface area is 148 Å². The standard InChI is InChI=1S/C14H18N6O3S2/c1-14(5-6-14)18-25(22,23)8-3-4-9-10(7-8)20(13(21)19(9)2)12-17-16-11(15)24-12/h3-4,7,11-12,18H,5-6,15H2,1-2H3. The van der Waals surface area contributed by atoms with Gasteiger partial charge in [0.25, 0.3) is 0 Å². The van der Waals surface area contributed by atoms with Gasteiger partial charge in [0.15, 0.2) is 5.50 Å². The number of benzene rings is 1. The number of thioether (sulfide) groups is 1. The molecule has 0 spiro atoms. The van der Waals surface area contributed by atoms with E-state index in [0.29, 0.717) is 11.0 Å². The van der Waals surface area contributed by atoms with E-state index in [0.717, 1.165) is 12.8 Å². The molecule has 1 aliphatic heterocycles. The molecule has 2 aromatic rings. The molecule has 1 fully saturated rings. The Balaban J connectivity index is 1.85. The van der Waals surface area contributed by atoms with Crippen LogP contribution >= 0.6 is 11.8 Å². The molecule has 1 aromatic heterocycles. The number of imidazole rings is 1. The van der Waals surface area contributed by atoms with Crippen LogP contribution < -0.4 is 16.1 Å². The first kappa shape index (κ1) is 16.8. The molecule has 3 N–H and O–H groups in total. The van der Waals surface area contributed by atoms with Gasteiger partial charge in [0, 0.05) is 12.6 Å². The quantitative estimate of drug-likeness (QED) is 0.818. The first-order valence-corrected chi connectivity index (χ1v) is 10.2. The van der Waals surface area contributed by atoms with Crippen LogP contribution in [0.5, 0.6) is 0 Å². The van der Waals surface area contributed by atoms with Crippen LogP contribution in [0.3, 0.4) is 0 Å². The van der Waals surface area contributed by atoms with Crippen molar-refractivity contribution < 1.29 is 8.42 Å². The van der Waals surface area contributed by atoms with Gasteiger partial charge in [-0.05, 0) is 38.0 Å². The number of aromatic nitrogens is 2. The number of nitrogens with one attached hydrogen (secondary N) is 1. The first-order chi connectivity index (χ1) is 11.7. The summed E-state index contributed by atoms with van der Waals surface area (Å²) in [6.07, 6.45) is 1.64. The van der Waals surface area contributed by atoms with Gasteiger partial charge in [-0.1, -0.05) is 11.8 Å². The second kappa shape index (κ2) is 5.40. The van der Waals surface area contributed by atoms with E-state index >= 15 is 0 Å². The van der Waals surface area contributed by atoms with Crippen molar-refractivity contribution in [1.29, 1.82) is 0 Å². The first-order valence-electron chi connectivity index (χ1n) is 7.76. The van der Waals surface area contributed by atoms with E-state index in [1.54, 1.807) is 13.1 Å². The van der Waals surface area contributed by atoms with Crippen molar-refractivity contribution in [3.05, 3.63) is 28.7 Å². The molecule has 0 saturated heterocycles. The maximum atomic E-state index is 12.6. The highest BCUT2D eigenvalue weighted by Crippen LogP contribution is 2.37.